The SMILES string of the molecule is Cc1ccc(S(=O)(=O)Nc2ccc(C(=O)Nc3ccc(C(N)=O)c(C)c3)cc2)cc1C. The molecule has 160 valence electrons. The predicted octanol–water partition coefficient (Wildman–Crippen LogP) is 3.76. The van der Waals surface area contributed by atoms with E-state index in [4.69, 9.17) is 5.73 Å². The van der Waals surface area contributed by atoms with Crippen LogP contribution in [0.5, 0.6) is 0 Å². The lowest BCUT2D eigenvalue weighted by Crippen LogP contribution is -2.15. The third-order valence-corrected chi connectivity index (χ3v) is 6.32. The summed E-state index contributed by atoms with van der Waals surface area (Å²) < 4.78 is 27.7. The summed E-state index contributed by atoms with van der Waals surface area (Å²) in [7, 11) is -3.74. The monoisotopic (exact) mass is 437 g/mol. The van der Waals surface area contributed by atoms with Crippen molar-refractivity contribution < 1.29 is 18.0 Å². The molecule has 3 rings (SSSR count). The summed E-state index contributed by atoms with van der Waals surface area (Å²) in [6.07, 6.45) is 0. The van der Waals surface area contributed by atoms with E-state index >= 15 is 0 Å². The van der Waals surface area contributed by atoms with Crippen LogP contribution in [0.4, 0.5) is 11.4 Å². The molecule has 0 aliphatic heterocycles. The Morgan fingerprint density at radius 2 is 1.42 bits per heavy atom. The van der Waals surface area contributed by atoms with Gasteiger partial charge in [0.15, 0.2) is 0 Å². The topological polar surface area (TPSA) is 118 Å². The van der Waals surface area contributed by atoms with Gasteiger partial charge in [-0.1, -0.05) is 6.07 Å². The highest BCUT2D eigenvalue weighted by Gasteiger charge is 2.15. The summed E-state index contributed by atoms with van der Waals surface area (Å²) in [5.74, 6) is -0.899. The van der Waals surface area contributed by atoms with Crippen LogP contribution in [0.3, 0.4) is 0 Å². The van der Waals surface area contributed by atoms with E-state index in [1.165, 1.54) is 24.3 Å². The Hall–Kier alpha value is -3.65. The zero-order valence-corrected chi connectivity index (χ0v) is 18.2. The number of benzene rings is 3. The fraction of sp³-hybridized carbons (Fsp3) is 0.130. The molecule has 0 saturated heterocycles. The molecule has 0 aliphatic rings. The standard InChI is InChI=1S/C23H23N3O4S/c1-14-4-10-20(13-15(14)2)31(29,30)26-18-7-5-17(6-8-18)23(28)25-19-9-11-21(22(24)27)16(3)12-19/h4-13,26H,1-3H3,(H2,24,27)(H,25,28). The number of nitrogens with two attached hydrogens (primary N) is 1. The first-order valence-corrected chi connectivity index (χ1v) is 11.0. The number of amides is 2. The molecule has 31 heavy (non-hydrogen) atoms. The molecule has 0 saturated carbocycles. The molecule has 2 amide bonds. The van der Waals surface area contributed by atoms with Gasteiger partial charge in [-0.05, 0) is 92.1 Å². The molecule has 0 heterocycles. The summed E-state index contributed by atoms with van der Waals surface area (Å²) in [6, 6.07) is 15.8. The fourth-order valence-corrected chi connectivity index (χ4v) is 4.15. The van der Waals surface area contributed by atoms with Gasteiger partial charge in [0.1, 0.15) is 0 Å². The van der Waals surface area contributed by atoms with E-state index in [0.717, 1.165) is 11.1 Å². The van der Waals surface area contributed by atoms with Crippen molar-refractivity contribution in [3.8, 4) is 0 Å². The number of carbonyl (C=O) groups is 2. The van der Waals surface area contributed by atoms with Crippen LogP contribution in [0.1, 0.15) is 37.4 Å². The quantitative estimate of drug-likeness (QED) is 0.544. The average Bonchev–Trinajstić information content (AvgIpc) is 2.70. The normalized spacial score (nSPS) is 11.1. The molecule has 0 radical (unpaired) electrons. The second kappa shape index (κ2) is 8.61. The summed E-state index contributed by atoms with van der Waals surface area (Å²) in [4.78, 5) is 24.0. The average molecular weight is 438 g/mol. The van der Waals surface area contributed by atoms with Crippen molar-refractivity contribution in [1.82, 2.24) is 0 Å². The fourth-order valence-electron chi connectivity index (χ4n) is 3.01. The van der Waals surface area contributed by atoms with E-state index in [9.17, 15) is 18.0 Å². The minimum Gasteiger partial charge on any atom is -0.366 e. The number of anilines is 2. The maximum Gasteiger partial charge on any atom is 0.261 e. The van der Waals surface area contributed by atoms with Gasteiger partial charge in [-0.25, -0.2) is 8.42 Å². The van der Waals surface area contributed by atoms with Crippen LogP contribution >= 0.6 is 0 Å². The van der Waals surface area contributed by atoms with Crippen LogP contribution in [0.15, 0.2) is 65.6 Å². The molecule has 8 heteroatoms. The second-order valence-electron chi connectivity index (χ2n) is 7.28. The third-order valence-electron chi connectivity index (χ3n) is 4.94. The Kier molecular flexibility index (Phi) is 6.12. The van der Waals surface area contributed by atoms with Crippen molar-refractivity contribution in [2.75, 3.05) is 10.0 Å². The number of rotatable bonds is 6. The molecule has 0 atom stereocenters. The van der Waals surface area contributed by atoms with Gasteiger partial charge < -0.3 is 11.1 Å². The smallest absolute Gasteiger partial charge is 0.261 e. The van der Waals surface area contributed by atoms with Crippen LogP contribution in [-0.2, 0) is 10.0 Å². The van der Waals surface area contributed by atoms with Crippen molar-refractivity contribution in [2.24, 2.45) is 5.73 Å². The maximum absolute atomic E-state index is 12.6. The minimum atomic E-state index is -3.74. The van der Waals surface area contributed by atoms with E-state index in [1.54, 1.807) is 43.3 Å². The van der Waals surface area contributed by atoms with Crippen LogP contribution in [0.25, 0.3) is 0 Å². The van der Waals surface area contributed by atoms with E-state index in [1.807, 2.05) is 13.8 Å². The number of carbonyl (C=O) groups excluding carboxylic acids is 2. The Morgan fingerprint density at radius 1 is 0.774 bits per heavy atom. The number of hydrogen-bond acceptors (Lipinski definition) is 4. The van der Waals surface area contributed by atoms with Crippen molar-refractivity contribution in [3.63, 3.8) is 0 Å². The zero-order valence-electron chi connectivity index (χ0n) is 17.4. The molecular weight excluding hydrogens is 414 g/mol. The number of primary amides is 1. The van der Waals surface area contributed by atoms with Gasteiger partial charge in [0.05, 0.1) is 4.90 Å². The summed E-state index contributed by atoms with van der Waals surface area (Å²) in [5.41, 5.74) is 9.44. The largest absolute Gasteiger partial charge is 0.366 e. The van der Waals surface area contributed by atoms with Crippen molar-refractivity contribution in [3.05, 3.63) is 88.5 Å². The van der Waals surface area contributed by atoms with Crippen LogP contribution in [-0.4, -0.2) is 20.2 Å². The Labute approximate surface area is 181 Å². The molecule has 0 bridgehead atoms. The molecule has 0 fully saturated rings. The molecule has 7 nitrogen and oxygen atoms in total. The van der Waals surface area contributed by atoms with E-state index in [2.05, 4.69) is 10.0 Å². The molecule has 4 N–H and O–H groups in total. The predicted molar refractivity (Wildman–Crippen MR) is 121 cm³/mol. The third kappa shape index (κ3) is 5.10. The van der Waals surface area contributed by atoms with Crippen LogP contribution < -0.4 is 15.8 Å². The molecule has 0 aromatic heterocycles. The number of aryl methyl sites for hydroxylation is 3. The van der Waals surface area contributed by atoms with Gasteiger partial charge in [0.2, 0.25) is 5.91 Å². The van der Waals surface area contributed by atoms with Gasteiger partial charge in [0.25, 0.3) is 15.9 Å². The molecule has 0 spiro atoms. The van der Waals surface area contributed by atoms with Gasteiger partial charge in [-0.3, -0.25) is 14.3 Å². The van der Waals surface area contributed by atoms with Crippen molar-refractivity contribution in [2.45, 2.75) is 25.7 Å². The molecule has 3 aromatic rings. The lowest BCUT2D eigenvalue weighted by atomic mass is 10.1. The highest BCUT2D eigenvalue weighted by Crippen LogP contribution is 2.20. The van der Waals surface area contributed by atoms with E-state index < -0.39 is 15.9 Å². The molecule has 0 aliphatic carbocycles. The maximum atomic E-state index is 12.6. The number of hydrogen-bond donors (Lipinski definition) is 3. The molecular formula is C23H23N3O4S. The van der Waals surface area contributed by atoms with Gasteiger partial charge in [0, 0.05) is 22.5 Å². The summed E-state index contributed by atoms with van der Waals surface area (Å²) in [6.45, 7) is 5.49. The first kappa shape index (κ1) is 22.0. The van der Waals surface area contributed by atoms with Gasteiger partial charge in [-0.2, -0.15) is 0 Å². The molecule has 0 unspecified atom stereocenters. The highest BCUT2D eigenvalue weighted by molar-refractivity contribution is 7.92. The summed E-state index contributed by atoms with van der Waals surface area (Å²) >= 11 is 0. The molecule has 3 aromatic carbocycles. The van der Waals surface area contributed by atoms with Crippen molar-refractivity contribution >= 4 is 33.2 Å². The Morgan fingerprint density at radius 3 is 2.00 bits per heavy atom. The first-order chi connectivity index (χ1) is 14.6. The first-order valence-electron chi connectivity index (χ1n) is 9.49. The highest BCUT2D eigenvalue weighted by atomic mass is 32.2. The minimum absolute atomic E-state index is 0.173. The number of nitrogens with one attached hydrogen (secondary N) is 2. The second-order valence-corrected chi connectivity index (χ2v) is 8.96. The van der Waals surface area contributed by atoms with Crippen LogP contribution in [0.2, 0.25) is 0 Å². The zero-order chi connectivity index (χ0) is 22.8. The number of sulfonamides is 1. The van der Waals surface area contributed by atoms with Crippen molar-refractivity contribution in [1.29, 1.82) is 0 Å². The Balaban J connectivity index is 1.72. The van der Waals surface area contributed by atoms with E-state index in [-0.39, 0.29) is 10.8 Å². The Bertz CT molecular complexity index is 1270. The summed E-state index contributed by atoms with van der Waals surface area (Å²) in [5, 5.41) is 2.74. The lowest BCUT2D eigenvalue weighted by molar-refractivity contribution is 0.0997. The van der Waals surface area contributed by atoms with Crippen LogP contribution in [0, 0.1) is 20.8 Å². The lowest BCUT2D eigenvalue weighted by Gasteiger charge is -2.11. The van der Waals surface area contributed by atoms with Gasteiger partial charge in [-0.15, -0.1) is 0 Å². The van der Waals surface area contributed by atoms with E-state index in [0.29, 0.717) is 28.1 Å². The van der Waals surface area contributed by atoms with Gasteiger partial charge >= 0.3 is 0 Å².